The van der Waals surface area contributed by atoms with Crippen molar-refractivity contribution in [1.82, 2.24) is 4.58 Å². The number of benzene rings is 3. The minimum absolute atomic E-state index is 0.0534. The summed E-state index contributed by atoms with van der Waals surface area (Å²) in [5.41, 5.74) is 5.30. The van der Waals surface area contributed by atoms with Crippen LogP contribution in [-0.4, -0.2) is 35.9 Å². The lowest BCUT2D eigenvalue weighted by Crippen LogP contribution is -2.50. The molecule has 0 atom stereocenters. The fraction of sp³-hybridized carbons (Fsp3) is 0.359. The lowest BCUT2D eigenvalue weighted by molar-refractivity contribution is -0.255. The topological polar surface area (TPSA) is 72.7 Å². The van der Waals surface area contributed by atoms with Crippen molar-refractivity contribution in [1.29, 1.82) is 0 Å². The van der Waals surface area contributed by atoms with Crippen LogP contribution >= 0.6 is 46.4 Å². The van der Waals surface area contributed by atoms with Gasteiger partial charge in [-0.05, 0) is 70.9 Å². The lowest BCUT2D eigenvalue weighted by atomic mass is 9.83. The second-order valence-electron chi connectivity index (χ2n) is 14.2. The van der Waals surface area contributed by atoms with E-state index in [1.165, 1.54) is 0 Å². The first-order valence-corrected chi connectivity index (χ1v) is 17.8. The maximum atomic E-state index is 12.9. The molecule has 0 saturated carbocycles. The van der Waals surface area contributed by atoms with Gasteiger partial charge < -0.3 is 24.3 Å². The predicted molar refractivity (Wildman–Crippen MR) is 199 cm³/mol. The van der Waals surface area contributed by atoms with Gasteiger partial charge in [0.05, 0.1) is 37.7 Å². The Morgan fingerprint density at radius 1 is 0.857 bits per heavy atom. The number of carbonyl (C=O) groups is 2. The zero-order valence-electron chi connectivity index (χ0n) is 28.8. The number of ether oxygens (including phenoxy) is 1. The Morgan fingerprint density at radius 3 is 2.14 bits per heavy atom. The van der Waals surface area contributed by atoms with E-state index >= 15 is 0 Å². The summed E-state index contributed by atoms with van der Waals surface area (Å²) in [4.78, 5) is 27.0. The monoisotopic (exact) mass is 738 g/mol. The fourth-order valence-corrected chi connectivity index (χ4v) is 8.86. The number of likely N-dealkylation sites (N-methyl/N-ethyl adjacent to an activating group) is 1. The molecule has 3 aromatic carbocycles. The van der Waals surface area contributed by atoms with Crippen LogP contribution in [0.5, 0.6) is 11.5 Å². The van der Waals surface area contributed by atoms with E-state index in [0.29, 0.717) is 47.2 Å². The first-order valence-electron chi connectivity index (χ1n) is 16.3. The fourth-order valence-electron chi connectivity index (χ4n) is 7.83. The van der Waals surface area contributed by atoms with Crippen LogP contribution in [0.3, 0.4) is 0 Å². The van der Waals surface area contributed by atoms with Crippen molar-refractivity contribution in [2.45, 2.75) is 79.3 Å². The molecule has 0 aromatic heterocycles. The number of hydrogen-bond acceptors (Lipinski definition) is 5. The highest BCUT2D eigenvalue weighted by Crippen LogP contribution is 2.50. The van der Waals surface area contributed by atoms with E-state index in [1.807, 2.05) is 24.3 Å². The normalized spacial score (nSPS) is 16.9. The van der Waals surface area contributed by atoms with Crippen LogP contribution in [0.1, 0.15) is 101 Å². The molecule has 0 bridgehead atoms. The number of nitrogens with zero attached hydrogens (tertiary/aromatic N) is 2. The van der Waals surface area contributed by atoms with E-state index in [1.54, 1.807) is 6.92 Å². The Labute approximate surface area is 306 Å². The van der Waals surface area contributed by atoms with Crippen LogP contribution in [0.2, 0.25) is 20.1 Å². The second kappa shape index (κ2) is 12.5. The Balaban J connectivity index is 1.80. The third kappa shape index (κ3) is 5.79. The van der Waals surface area contributed by atoms with Gasteiger partial charge in [-0.3, -0.25) is 0 Å². The van der Waals surface area contributed by atoms with Gasteiger partial charge in [-0.15, -0.1) is 0 Å². The standard InChI is InChI=1S/C39H38Cl4N2O4/c1-9-44-26-15-28-24(13-22(26)19(2)17-38(44,5)6)30(31-32(37(47)48)34(41)36(43)35(42)33(31)40)25-14-23-20(3)18-39(7,8)45(12-10-11-21(4)46)27(23)16-29(25)49-28/h13-18H,9-12H2,1-8H3. The van der Waals surface area contributed by atoms with Crippen molar-refractivity contribution in [2.24, 2.45) is 0 Å². The molecular formula is C39H38Cl4N2O4. The molecule has 6 nitrogen and oxygen atoms in total. The number of anilines is 1. The smallest absolute Gasteiger partial charge is 0.211 e. The number of ketones is 1. The Bertz CT molecular complexity index is 2200. The molecule has 0 saturated heterocycles. The lowest BCUT2D eigenvalue weighted by Gasteiger charge is -2.43. The van der Waals surface area contributed by atoms with E-state index in [4.69, 9.17) is 51.1 Å². The van der Waals surface area contributed by atoms with Crippen molar-refractivity contribution in [2.75, 3.05) is 18.0 Å². The van der Waals surface area contributed by atoms with Gasteiger partial charge in [0.15, 0.2) is 5.54 Å². The summed E-state index contributed by atoms with van der Waals surface area (Å²) in [7, 11) is 0. The van der Waals surface area contributed by atoms with Gasteiger partial charge in [-0.25, -0.2) is 4.58 Å². The highest BCUT2D eigenvalue weighted by atomic mass is 35.5. The number of hydrogen-bond donors (Lipinski definition) is 0. The molecule has 3 aliphatic rings. The van der Waals surface area contributed by atoms with E-state index in [2.05, 4.69) is 70.1 Å². The van der Waals surface area contributed by atoms with Crippen molar-refractivity contribution < 1.29 is 19.4 Å². The molecular weight excluding hydrogens is 702 g/mol. The second-order valence-corrected chi connectivity index (χ2v) is 15.7. The molecule has 0 amide bonds. The first kappa shape index (κ1) is 35.5. The molecule has 3 aliphatic heterocycles. The van der Waals surface area contributed by atoms with Crippen LogP contribution in [0.25, 0.3) is 16.7 Å². The van der Waals surface area contributed by atoms with Crippen LogP contribution in [0.15, 0.2) is 36.4 Å². The molecule has 10 heteroatoms. The van der Waals surface area contributed by atoms with E-state index in [-0.39, 0.29) is 48.1 Å². The summed E-state index contributed by atoms with van der Waals surface area (Å²) in [5.74, 6) is -0.359. The summed E-state index contributed by atoms with van der Waals surface area (Å²) in [6.07, 6.45) is 5.60. The number of Topliss-reactive ketones (excluding diaryl/α,β-unsaturated/α-hetero) is 1. The first-order chi connectivity index (χ1) is 22.9. The average molecular weight is 741 g/mol. The van der Waals surface area contributed by atoms with Gasteiger partial charge in [0.25, 0.3) is 0 Å². The minimum atomic E-state index is -1.54. The number of halogens is 4. The van der Waals surface area contributed by atoms with Crippen LogP contribution < -0.4 is 29.9 Å². The number of fused-ring (bicyclic) bond motifs is 4. The summed E-state index contributed by atoms with van der Waals surface area (Å²) >= 11 is 26.6. The number of carboxylic acids is 1. The molecule has 0 spiro atoms. The van der Waals surface area contributed by atoms with Crippen molar-refractivity contribution in [3.8, 4) is 11.5 Å². The Kier molecular flexibility index (Phi) is 9.05. The van der Waals surface area contributed by atoms with E-state index < -0.39 is 5.97 Å². The molecule has 0 unspecified atom stereocenters. The van der Waals surface area contributed by atoms with Crippen molar-refractivity contribution >= 4 is 80.6 Å². The predicted octanol–water partition coefficient (Wildman–Crippen LogP) is 8.09. The van der Waals surface area contributed by atoms with Gasteiger partial charge >= 0.3 is 0 Å². The molecule has 3 aromatic rings. The molecule has 3 heterocycles. The average Bonchev–Trinajstić information content (AvgIpc) is 3.00. The van der Waals surface area contributed by atoms with Crippen LogP contribution in [-0.2, 0) is 4.79 Å². The summed E-state index contributed by atoms with van der Waals surface area (Å²) < 4.78 is 9.10. The van der Waals surface area contributed by atoms with E-state index in [0.717, 1.165) is 39.9 Å². The van der Waals surface area contributed by atoms with Crippen molar-refractivity contribution in [3.05, 3.63) is 94.9 Å². The third-order valence-electron chi connectivity index (χ3n) is 9.86. The third-order valence-corrected chi connectivity index (χ3v) is 11.7. The van der Waals surface area contributed by atoms with Gasteiger partial charge in [-0.1, -0.05) is 52.5 Å². The van der Waals surface area contributed by atoms with Gasteiger partial charge in [0, 0.05) is 83.6 Å². The highest BCUT2D eigenvalue weighted by molar-refractivity contribution is 6.53. The SMILES string of the molecule is CCN1c2cc3c(cc2C(C)=CC1(C)C)C(c1c(Cl)c(Cl)c(Cl)c(Cl)c1C(=O)[O-])=c1cc2c(cc1O3)=[N+](CCCC(C)=O)C(C)(C)C=C2C. The number of allylic oxidation sites excluding steroid dienone is 2. The number of rotatable bonds is 7. The van der Waals surface area contributed by atoms with Gasteiger partial charge in [-0.2, -0.15) is 0 Å². The van der Waals surface area contributed by atoms with Crippen LogP contribution in [0, 0.1) is 0 Å². The maximum absolute atomic E-state index is 12.9. The summed E-state index contributed by atoms with van der Waals surface area (Å²) in [5, 5.41) is 13.9. The molecule has 256 valence electrons. The van der Waals surface area contributed by atoms with Crippen molar-refractivity contribution in [3.63, 3.8) is 0 Å². The quantitative estimate of drug-likeness (QED) is 0.109. The van der Waals surface area contributed by atoms with Gasteiger partial charge in [0.1, 0.15) is 23.8 Å². The number of carbonyl (C=O) groups excluding carboxylic acids is 2. The molecule has 0 aliphatic carbocycles. The molecule has 0 radical (unpaired) electrons. The number of aromatic carboxylic acids is 1. The minimum Gasteiger partial charge on any atom is -0.545 e. The molecule has 0 fully saturated rings. The Hall–Kier alpha value is -3.29. The Morgan fingerprint density at radius 2 is 1.51 bits per heavy atom. The zero-order chi connectivity index (χ0) is 35.9. The highest BCUT2D eigenvalue weighted by Gasteiger charge is 2.37. The van der Waals surface area contributed by atoms with Gasteiger partial charge in [0.2, 0.25) is 5.36 Å². The molecule has 49 heavy (non-hydrogen) atoms. The molecule has 6 rings (SSSR count). The maximum Gasteiger partial charge on any atom is 0.211 e. The largest absolute Gasteiger partial charge is 0.545 e. The summed E-state index contributed by atoms with van der Waals surface area (Å²) in [6.45, 7) is 17.9. The van der Waals surface area contributed by atoms with E-state index in [9.17, 15) is 14.7 Å². The van der Waals surface area contributed by atoms with Crippen LogP contribution in [0.4, 0.5) is 5.69 Å². The summed E-state index contributed by atoms with van der Waals surface area (Å²) in [6, 6.07) is 8.05. The number of carboxylic acid groups (broad SMARTS) is 1. The molecule has 0 N–H and O–H groups in total. The zero-order valence-corrected chi connectivity index (χ0v) is 31.9.